The predicted molar refractivity (Wildman–Crippen MR) is 131 cm³/mol. The van der Waals surface area contributed by atoms with E-state index in [1.165, 1.54) is 0 Å². The van der Waals surface area contributed by atoms with E-state index >= 15 is 0 Å². The Morgan fingerprint density at radius 1 is 0.912 bits per heavy atom. The number of anilines is 2. The van der Waals surface area contributed by atoms with E-state index < -0.39 is 0 Å². The molecule has 172 valence electrons. The number of benzene rings is 3. The van der Waals surface area contributed by atoms with Gasteiger partial charge in [-0.05, 0) is 54.6 Å². The number of carbonyl (C=O) groups excluding carboxylic acids is 2. The fraction of sp³-hybridized carbons (Fsp3) is 0.192. The molecule has 0 spiro atoms. The zero-order valence-electron chi connectivity index (χ0n) is 18.8. The van der Waals surface area contributed by atoms with Crippen molar-refractivity contribution in [1.29, 1.82) is 0 Å². The summed E-state index contributed by atoms with van der Waals surface area (Å²) in [7, 11) is 1.63. The molecule has 34 heavy (non-hydrogen) atoms. The first-order chi connectivity index (χ1) is 16.6. The summed E-state index contributed by atoms with van der Waals surface area (Å²) in [5.74, 6) is 0.680. The number of nitrogens with one attached hydrogen (secondary N) is 2. The van der Waals surface area contributed by atoms with Gasteiger partial charge in [0.15, 0.2) is 0 Å². The lowest BCUT2D eigenvalue weighted by Gasteiger charge is -2.35. The summed E-state index contributed by atoms with van der Waals surface area (Å²) in [6.45, 7) is 1.93. The van der Waals surface area contributed by atoms with Crippen LogP contribution in [-0.4, -0.2) is 64.9 Å². The average molecular weight is 456 g/mol. The number of carbonyl (C=O) groups is 2. The number of H-pyrrole nitrogens is 1. The third-order valence-electron chi connectivity index (χ3n) is 6.05. The lowest BCUT2D eigenvalue weighted by Crippen LogP contribution is -2.50. The van der Waals surface area contributed by atoms with Gasteiger partial charge in [0.05, 0.1) is 35.7 Å². The second-order valence-electron chi connectivity index (χ2n) is 8.12. The molecule has 5 rings (SSSR count). The molecule has 2 N–H and O–H groups in total. The highest BCUT2D eigenvalue weighted by Gasteiger charge is 2.26. The van der Waals surface area contributed by atoms with Crippen molar-refractivity contribution in [3.8, 4) is 5.75 Å². The van der Waals surface area contributed by atoms with Crippen molar-refractivity contribution in [1.82, 2.24) is 19.8 Å². The van der Waals surface area contributed by atoms with Crippen molar-refractivity contribution in [3.05, 3.63) is 84.2 Å². The van der Waals surface area contributed by atoms with E-state index in [1.54, 1.807) is 29.3 Å². The van der Waals surface area contributed by atoms with E-state index in [1.807, 2.05) is 60.7 Å². The number of hydrogen-bond donors (Lipinski definition) is 2. The second-order valence-corrected chi connectivity index (χ2v) is 8.12. The highest BCUT2D eigenvalue weighted by atomic mass is 16.5. The number of fused-ring (bicyclic) bond motifs is 1. The van der Waals surface area contributed by atoms with Gasteiger partial charge >= 0.3 is 0 Å². The maximum atomic E-state index is 13.3. The molecule has 1 fully saturated rings. The average Bonchev–Trinajstić information content (AvgIpc) is 3.37. The summed E-state index contributed by atoms with van der Waals surface area (Å²) >= 11 is 0. The molecule has 0 radical (unpaired) electrons. The molecule has 0 aliphatic carbocycles. The van der Waals surface area contributed by atoms with Crippen molar-refractivity contribution in [2.75, 3.05) is 38.6 Å². The third kappa shape index (κ3) is 4.30. The van der Waals surface area contributed by atoms with Gasteiger partial charge in [-0.15, -0.1) is 0 Å². The monoisotopic (exact) mass is 455 g/mol. The Morgan fingerprint density at radius 3 is 2.35 bits per heavy atom. The van der Waals surface area contributed by atoms with Crippen LogP contribution in [0.25, 0.3) is 11.0 Å². The van der Waals surface area contributed by atoms with Gasteiger partial charge in [0, 0.05) is 37.4 Å². The van der Waals surface area contributed by atoms with Gasteiger partial charge < -0.3 is 24.8 Å². The van der Waals surface area contributed by atoms with Crippen LogP contribution in [0.15, 0.2) is 73.1 Å². The van der Waals surface area contributed by atoms with Crippen molar-refractivity contribution in [2.45, 2.75) is 0 Å². The first kappa shape index (κ1) is 21.5. The molecule has 2 amide bonds. The molecule has 1 aliphatic heterocycles. The van der Waals surface area contributed by atoms with Gasteiger partial charge in [-0.3, -0.25) is 9.59 Å². The van der Waals surface area contributed by atoms with Gasteiger partial charge in [0.2, 0.25) is 0 Å². The molecule has 2 heterocycles. The molecule has 8 heteroatoms. The van der Waals surface area contributed by atoms with Crippen LogP contribution in [0.2, 0.25) is 0 Å². The zero-order valence-corrected chi connectivity index (χ0v) is 18.8. The molecule has 0 unspecified atom stereocenters. The molecule has 0 atom stereocenters. The summed E-state index contributed by atoms with van der Waals surface area (Å²) in [5, 5.41) is 3.33. The van der Waals surface area contributed by atoms with Crippen LogP contribution in [0.4, 0.5) is 11.4 Å². The SMILES string of the molecule is COc1ccc(Nc2ccccc2C(=O)N2CCN(C(=O)c3ccc4nc[nH]c4c3)CC2)cc1. The van der Waals surface area contributed by atoms with Gasteiger partial charge in [0.1, 0.15) is 5.75 Å². The Morgan fingerprint density at radius 2 is 1.62 bits per heavy atom. The minimum Gasteiger partial charge on any atom is -0.497 e. The summed E-state index contributed by atoms with van der Waals surface area (Å²) in [4.78, 5) is 37.1. The van der Waals surface area contributed by atoms with E-state index in [-0.39, 0.29) is 11.8 Å². The smallest absolute Gasteiger partial charge is 0.256 e. The van der Waals surface area contributed by atoms with Crippen LogP contribution in [0.1, 0.15) is 20.7 Å². The molecular formula is C26H25N5O3. The van der Waals surface area contributed by atoms with E-state index in [2.05, 4.69) is 15.3 Å². The summed E-state index contributed by atoms with van der Waals surface area (Å²) in [5.41, 5.74) is 4.48. The van der Waals surface area contributed by atoms with E-state index in [4.69, 9.17) is 4.74 Å². The number of amides is 2. The number of ether oxygens (including phenoxy) is 1. The number of nitrogens with zero attached hydrogens (tertiary/aromatic N) is 3. The summed E-state index contributed by atoms with van der Waals surface area (Å²) < 4.78 is 5.21. The van der Waals surface area contributed by atoms with Crippen molar-refractivity contribution >= 4 is 34.2 Å². The zero-order chi connectivity index (χ0) is 23.5. The maximum Gasteiger partial charge on any atom is 0.256 e. The minimum absolute atomic E-state index is 0.0369. The first-order valence-electron chi connectivity index (χ1n) is 11.1. The molecule has 1 saturated heterocycles. The lowest BCUT2D eigenvalue weighted by atomic mass is 10.1. The minimum atomic E-state index is -0.0532. The van der Waals surface area contributed by atoms with Gasteiger partial charge in [-0.2, -0.15) is 0 Å². The van der Waals surface area contributed by atoms with Crippen LogP contribution in [-0.2, 0) is 0 Å². The van der Waals surface area contributed by atoms with E-state index in [0.29, 0.717) is 37.3 Å². The standard InChI is InChI=1S/C26H25N5O3/c1-34-20-9-7-19(8-10-20)29-22-5-3-2-4-21(22)26(33)31-14-12-30(13-15-31)25(32)18-6-11-23-24(16-18)28-17-27-23/h2-11,16-17,29H,12-15H2,1H3,(H,27,28). The molecular weight excluding hydrogens is 430 g/mol. The molecule has 1 aromatic heterocycles. The number of imidazole rings is 1. The van der Waals surface area contributed by atoms with Crippen LogP contribution in [0.3, 0.4) is 0 Å². The fourth-order valence-electron chi connectivity index (χ4n) is 4.14. The maximum absolute atomic E-state index is 13.3. The van der Waals surface area contributed by atoms with Crippen LogP contribution >= 0.6 is 0 Å². The number of rotatable bonds is 5. The number of para-hydroxylation sites is 1. The van der Waals surface area contributed by atoms with Crippen molar-refractivity contribution < 1.29 is 14.3 Å². The third-order valence-corrected chi connectivity index (χ3v) is 6.05. The van der Waals surface area contributed by atoms with E-state index in [0.717, 1.165) is 28.2 Å². The first-order valence-corrected chi connectivity index (χ1v) is 11.1. The van der Waals surface area contributed by atoms with Gasteiger partial charge in [-0.1, -0.05) is 12.1 Å². The molecule has 0 saturated carbocycles. The Hall–Kier alpha value is -4.33. The number of piperazine rings is 1. The second kappa shape index (κ2) is 9.27. The quantitative estimate of drug-likeness (QED) is 0.476. The molecule has 3 aromatic carbocycles. The molecule has 0 bridgehead atoms. The number of methoxy groups -OCH3 is 1. The predicted octanol–water partition coefficient (Wildman–Crippen LogP) is 3.91. The fourth-order valence-corrected chi connectivity index (χ4v) is 4.14. The largest absolute Gasteiger partial charge is 0.497 e. The van der Waals surface area contributed by atoms with Gasteiger partial charge in [-0.25, -0.2) is 4.98 Å². The lowest BCUT2D eigenvalue weighted by molar-refractivity contribution is 0.0536. The van der Waals surface area contributed by atoms with Gasteiger partial charge in [0.25, 0.3) is 11.8 Å². The normalized spacial score (nSPS) is 13.7. The van der Waals surface area contributed by atoms with Crippen LogP contribution in [0.5, 0.6) is 5.75 Å². The Labute approximate surface area is 197 Å². The molecule has 4 aromatic rings. The Kier molecular flexibility index (Phi) is 5.86. The summed E-state index contributed by atoms with van der Waals surface area (Å²) in [6, 6.07) is 20.5. The van der Waals surface area contributed by atoms with Crippen molar-refractivity contribution in [3.63, 3.8) is 0 Å². The van der Waals surface area contributed by atoms with Crippen LogP contribution in [0, 0.1) is 0 Å². The van der Waals surface area contributed by atoms with Crippen molar-refractivity contribution in [2.24, 2.45) is 0 Å². The van der Waals surface area contributed by atoms with E-state index in [9.17, 15) is 9.59 Å². The number of aromatic amines is 1. The topological polar surface area (TPSA) is 90.6 Å². The summed E-state index contributed by atoms with van der Waals surface area (Å²) in [6.07, 6.45) is 1.62. The number of hydrogen-bond acceptors (Lipinski definition) is 5. The highest BCUT2D eigenvalue weighted by molar-refractivity contribution is 6.01. The number of aromatic nitrogens is 2. The Bertz CT molecular complexity index is 1320. The molecule has 1 aliphatic rings. The highest BCUT2D eigenvalue weighted by Crippen LogP contribution is 2.24. The van der Waals surface area contributed by atoms with Crippen LogP contribution < -0.4 is 10.1 Å². The molecule has 8 nitrogen and oxygen atoms in total. The Balaban J connectivity index is 1.25.